The Bertz CT molecular complexity index is 868. The highest BCUT2D eigenvalue weighted by atomic mass is 32.2. The summed E-state index contributed by atoms with van der Waals surface area (Å²) in [5.74, 6) is 0. The van der Waals surface area contributed by atoms with Crippen molar-refractivity contribution >= 4 is 9.84 Å². The topological polar surface area (TPSA) is 49.9 Å². The van der Waals surface area contributed by atoms with Crippen molar-refractivity contribution in [1.82, 2.24) is 9.80 Å². The van der Waals surface area contributed by atoms with Gasteiger partial charge < -0.3 is 4.74 Å². The molecule has 2 atom stereocenters. The van der Waals surface area contributed by atoms with Crippen LogP contribution in [0.4, 0.5) is 0 Å². The quantitative estimate of drug-likeness (QED) is 0.807. The molecule has 144 valence electrons. The van der Waals surface area contributed by atoms with Crippen LogP contribution < -0.4 is 0 Å². The Morgan fingerprint density at radius 1 is 1.00 bits per heavy atom. The summed E-state index contributed by atoms with van der Waals surface area (Å²) in [6.45, 7) is 5.37. The lowest BCUT2D eigenvalue weighted by Crippen LogP contribution is -2.58. The highest BCUT2D eigenvalue weighted by Crippen LogP contribution is 2.30. The molecule has 2 heterocycles. The summed E-state index contributed by atoms with van der Waals surface area (Å²) >= 11 is 0. The molecular weight excluding hydrogens is 360 g/mol. The fourth-order valence-electron chi connectivity index (χ4n) is 4.11. The van der Waals surface area contributed by atoms with E-state index in [1.165, 1.54) is 11.8 Å². The van der Waals surface area contributed by atoms with E-state index in [9.17, 15) is 8.42 Å². The zero-order valence-corrected chi connectivity index (χ0v) is 16.4. The van der Waals surface area contributed by atoms with Gasteiger partial charge in [-0.2, -0.15) is 0 Å². The standard InChI is InChI=1S/C21H26N2O3S/c1-27(24,25)20-9-7-17(8-10-20)13-22-11-12-23-19(14-22)15-26-16-21(23)18-5-3-2-4-6-18/h2-10,19,21H,11-16H2,1H3/t19-,21-/m1/s1. The van der Waals surface area contributed by atoms with Gasteiger partial charge in [0.2, 0.25) is 0 Å². The SMILES string of the molecule is CS(=O)(=O)c1ccc(CN2CCN3[C@@H](COC[C@@H]3c3ccccc3)C2)cc1. The van der Waals surface area contributed by atoms with Crippen molar-refractivity contribution in [3.05, 3.63) is 65.7 Å². The molecule has 2 saturated heterocycles. The minimum Gasteiger partial charge on any atom is -0.378 e. The second-order valence-corrected chi connectivity index (χ2v) is 9.52. The van der Waals surface area contributed by atoms with Crippen LogP contribution in [0.15, 0.2) is 59.5 Å². The first-order chi connectivity index (χ1) is 13.0. The number of piperazine rings is 1. The van der Waals surface area contributed by atoms with Crippen molar-refractivity contribution in [2.24, 2.45) is 0 Å². The van der Waals surface area contributed by atoms with Crippen molar-refractivity contribution in [2.75, 3.05) is 39.1 Å². The van der Waals surface area contributed by atoms with Gasteiger partial charge in [-0.25, -0.2) is 8.42 Å². The number of hydrogen-bond acceptors (Lipinski definition) is 5. The largest absolute Gasteiger partial charge is 0.378 e. The second kappa shape index (κ2) is 7.72. The van der Waals surface area contributed by atoms with Gasteiger partial charge in [0, 0.05) is 38.5 Å². The number of rotatable bonds is 4. The van der Waals surface area contributed by atoms with E-state index in [-0.39, 0.29) is 0 Å². The highest BCUT2D eigenvalue weighted by Gasteiger charge is 2.36. The van der Waals surface area contributed by atoms with Crippen LogP contribution in [0, 0.1) is 0 Å². The van der Waals surface area contributed by atoms with Crippen LogP contribution in [0.1, 0.15) is 17.2 Å². The number of sulfone groups is 1. The summed E-state index contributed by atoms with van der Waals surface area (Å²) in [4.78, 5) is 5.40. The Balaban J connectivity index is 1.41. The first-order valence-corrected chi connectivity index (χ1v) is 11.3. The maximum atomic E-state index is 11.6. The average Bonchev–Trinajstić information content (AvgIpc) is 2.68. The molecular formula is C21H26N2O3S. The van der Waals surface area contributed by atoms with Crippen LogP contribution in [-0.4, -0.2) is 63.4 Å². The molecule has 0 aliphatic carbocycles. The van der Waals surface area contributed by atoms with Gasteiger partial charge in [0.1, 0.15) is 0 Å². The van der Waals surface area contributed by atoms with Crippen LogP contribution in [0.3, 0.4) is 0 Å². The number of nitrogens with zero attached hydrogens (tertiary/aromatic N) is 2. The van der Waals surface area contributed by atoms with Crippen molar-refractivity contribution < 1.29 is 13.2 Å². The maximum absolute atomic E-state index is 11.6. The molecule has 2 aliphatic rings. The molecule has 0 spiro atoms. The molecule has 0 N–H and O–H groups in total. The van der Waals surface area contributed by atoms with E-state index in [4.69, 9.17) is 4.74 Å². The molecule has 5 nitrogen and oxygen atoms in total. The maximum Gasteiger partial charge on any atom is 0.175 e. The molecule has 27 heavy (non-hydrogen) atoms. The van der Waals surface area contributed by atoms with Gasteiger partial charge >= 0.3 is 0 Å². The van der Waals surface area contributed by atoms with Crippen LogP contribution in [0.25, 0.3) is 0 Å². The summed E-state index contributed by atoms with van der Waals surface area (Å²) in [5, 5.41) is 0. The van der Waals surface area contributed by atoms with Gasteiger partial charge in [0.05, 0.1) is 24.2 Å². The van der Waals surface area contributed by atoms with E-state index in [1.807, 2.05) is 12.1 Å². The number of fused-ring (bicyclic) bond motifs is 1. The zero-order valence-electron chi connectivity index (χ0n) is 15.6. The van der Waals surface area contributed by atoms with Gasteiger partial charge in [-0.15, -0.1) is 0 Å². The first kappa shape index (κ1) is 18.6. The van der Waals surface area contributed by atoms with Crippen molar-refractivity contribution in [2.45, 2.75) is 23.5 Å². The lowest BCUT2D eigenvalue weighted by atomic mass is 10.00. The Morgan fingerprint density at radius 3 is 2.44 bits per heavy atom. The van der Waals surface area contributed by atoms with Gasteiger partial charge in [0.25, 0.3) is 0 Å². The van der Waals surface area contributed by atoms with Crippen LogP contribution in [0.2, 0.25) is 0 Å². The third kappa shape index (κ3) is 4.24. The van der Waals surface area contributed by atoms with Crippen molar-refractivity contribution in [1.29, 1.82) is 0 Å². The van der Waals surface area contributed by atoms with E-state index in [0.717, 1.165) is 45.0 Å². The molecule has 0 bridgehead atoms. The van der Waals surface area contributed by atoms with Crippen LogP contribution in [0.5, 0.6) is 0 Å². The summed E-state index contributed by atoms with van der Waals surface area (Å²) in [6, 6.07) is 18.6. The molecule has 2 aliphatic heterocycles. The van der Waals surface area contributed by atoms with E-state index >= 15 is 0 Å². The van der Waals surface area contributed by atoms with E-state index in [0.29, 0.717) is 17.0 Å². The van der Waals surface area contributed by atoms with E-state index < -0.39 is 9.84 Å². The Kier molecular flexibility index (Phi) is 5.32. The molecule has 2 aromatic rings. The number of ether oxygens (including phenoxy) is 1. The van der Waals surface area contributed by atoms with Crippen LogP contribution >= 0.6 is 0 Å². The first-order valence-electron chi connectivity index (χ1n) is 9.40. The van der Waals surface area contributed by atoms with E-state index in [2.05, 4.69) is 40.1 Å². The summed E-state index contributed by atoms with van der Waals surface area (Å²) < 4.78 is 29.1. The van der Waals surface area contributed by atoms with Crippen molar-refractivity contribution in [3.8, 4) is 0 Å². The summed E-state index contributed by atoms with van der Waals surface area (Å²) in [7, 11) is -3.14. The van der Waals surface area contributed by atoms with Gasteiger partial charge in [-0.05, 0) is 23.3 Å². The summed E-state index contributed by atoms with van der Waals surface area (Å²) in [6.07, 6.45) is 1.24. The molecule has 0 aromatic heterocycles. The average molecular weight is 387 g/mol. The second-order valence-electron chi connectivity index (χ2n) is 7.51. The molecule has 2 fully saturated rings. The molecule has 2 aromatic carbocycles. The lowest BCUT2D eigenvalue weighted by Gasteiger charge is -2.48. The fourth-order valence-corrected chi connectivity index (χ4v) is 4.74. The predicted molar refractivity (Wildman–Crippen MR) is 105 cm³/mol. The third-order valence-corrected chi connectivity index (χ3v) is 6.67. The third-order valence-electron chi connectivity index (χ3n) is 5.54. The van der Waals surface area contributed by atoms with Gasteiger partial charge in [0.15, 0.2) is 9.84 Å². The lowest BCUT2D eigenvalue weighted by molar-refractivity contribution is -0.0835. The van der Waals surface area contributed by atoms with Gasteiger partial charge in [-0.1, -0.05) is 42.5 Å². The molecule has 0 saturated carbocycles. The van der Waals surface area contributed by atoms with E-state index in [1.54, 1.807) is 12.1 Å². The highest BCUT2D eigenvalue weighted by molar-refractivity contribution is 7.90. The smallest absolute Gasteiger partial charge is 0.175 e. The molecule has 4 rings (SSSR count). The Morgan fingerprint density at radius 2 is 1.74 bits per heavy atom. The zero-order chi connectivity index (χ0) is 18.9. The Labute approximate surface area is 161 Å². The minimum atomic E-state index is -3.14. The molecule has 0 unspecified atom stereocenters. The molecule has 0 amide bonds. The van der Waals surface area contributed by atoms with Crippen molar-refractivity contribution in [3.63, 3.8) is 0 Å². The number of benzene rings is 2. The minimum absolute atomic E-state index is 0.334. The summed E-state index contributed by atoms with van der Waals surface area (Å²) in [5.41, 5.74) is 2.47. The fraction of sp³-hybridized carbons (Fsp3) is 0.429. The number of hydrogen-bond donors (Lipinski definition) is 0. The molecule has 0 radical (unpaired) electrons. The monoisotopic (exact) mass is 386 g/mol. The molecule has 6 heteroatoms. The normalized spacial score (nSPS) is 24.5. The van der Waals surface area contributed by atoms with Crippen LogP contribution in [-0.2, 0) is 21.1 Å². The Hall–Kier alpha value is -1.73. The number of morpholine rings is 1. The van der Waals surface area contributed by atoms with Gasteiger partial charge in [-0.3, -0.25) is 9.80 Å². The predicted octanol–water partition coefficient (Wildman–Crippen LogP) is 2.35.